The van der Waals surface area contributed by atoms with E-state index in [0.717, 1.165) is 0 Å². The van der Waals surface area contributed by atoms with E-state index in [1.165, 1.54) is 18.2 Å². The molecule has 2 aliphatic heterocycles. The summed E-state index contributed by atoms with van der Waals surface area (Å²) in [6, 6.07) is 4.29. The van der Waals surface area contributed by atoms with Gasteiger partial charge in [0.1, 0.15) is 22.8 Å². The number of rotatable bonds is 3. The molecule has 0 spiro atoms. The Bertz CT molecular complexity index is 1030. The maximum absolute atomic E-state index is 14.4. The van der Waals surface area contributed by atoms with Crippen LogP contribution in [-0.2, 0) is 9.84 Å². The molecule has 0 saturated carbocycles. The highest BCUT2D eigenvalue weighted by molar-refractivity contribution is 7.91. The lowest BCUT2D eigenvalue weighted by Crippen LogP contribution is -2.52. The number of benzene rings is 1. The summed E-state index contributed by atoms with van der Waals surface area (Å²) in [4.78, 5) is 17.0. The maximum Gasteiger partial charge on any atom is 0.259 e. The molecule has 0 unspecified atom stereocenters. The van der Waals surface area contributed by atoms with Gasteiger partial charge in [0, 0.05) is 32.2 Å². The molecule has 1 atom stereocenters. The van der Waals surface area contributed by atoms with Gasteiger partial charge in [0.25, 0.3) is 5.91 Å². The van der Waals surface area contributed by atoms with E-state index in [2.05, 4.69) is 10.1 Å². The Kier molecular flexibility index (Phi) is 5.39. The van der Waals surface area contributed by atoms with Gasteiger partial charge in [-0.1, -0.05) is 22.8 Å². The SMILES string of the molecule is Cc1onc(-c2c(F)cccc2Cl)c1C(=O)N1CCN([C@@H]2CCS(=O)(=O)C2)CC1. The average Bonchev–Trinajstić information content (AvgIpc) is 3.23. The van der Waals surface area contributed by atoms with Gasteiger partial charge in [0.05, 0.1) is 22.1 Å². The number of amides is 1. The van der Waals surface area contributed by atoms with Crippen LogP contribution < -0.4 is 0 Å². The summed E-state index contributed by atoms with van der Waals surface area (Å²) in [5, 5.41) is 4.05. The van der Waals surface area contributed by atoms with Crippen LogP contribution >= 0.6 is 11.6 Å². The molecule has 10 heteroatoms. The zero-order chi connectivity index (χ0) is 20.8. The fraction of sp³-hybridized carbons (Fsp3) is 0.474. The summed E-state index contributed by atoms with van der Waals surface area (Å²) in [5.74, 6) is -0.164. The molecule has 2 aliphatic rings. The predicted octanol–water partition coefficient (Wildman–Crippen LogP) is 2.39. The molecule has 1 aromatic carbocycles. The Hall–Kier alpha value is -1.97. The highest BCUT2D eigenvalue weighted by Crippen LogP contribution is 2.34. The number of hydrogen-bond donors (Lipinski definition) is 0. The van der Waals surface area contributed by atoms with Gasteiger partial charge in [0.2, 0.25) is 0 Å². The second kappa shape index (κ2) is 7.70. The van der Waals surface area contributed by atoms with Crippen molar-refractivity contribution in [2.45, 2.75) is 19.4 Å². The second-order valence-electron chi connectivity index (χ2n) is 7.44. The summed E-state index contributed by atoms with van der Waals surface area (Å²) in [5.41, 5.74) is 0.345. The topological polar surface area (TPSA) is 83.7 Å². The number of hydrogen-bond acceptors (Lipinski definition) is 6. The minimum Gasteiger partial charge on any atom is -0.360 e. The molecule has 0 N–H and O–H groups in total. The largest absolute Gasteiger partial charge is 0.360 e. The molecule has 0 bridgehead atoms. The standard InChI is InChI=1S/C19H21ClFN3O4S/c1-12-16(18(22-28-12)17-14(20)3-2-4-15(17)21)19(25)24-8-6-23(7-9-24)13-5-10-29(26,27)11-13/h2-4,13H,5-11H2,1H3/t13-/m1/s1. The molecule has 0 aliphatic carbocycles. The van der Waals surface area contributed by atoms with Crippen LogP contribution in [0.15, 0.2) is 22.7 Å². The number of carbonyl (C=O) groups excluding carboxylic acids is 1. The third kappa shape index (κ3) is 3.91. The van der Waals surface area contributed by atoms with Crippen LogP contribution in [0.5, 0.6) is 0 Å². The molecule has 0 radical (unpaired) electrons. The van der Waals surface area contributed by atoms with Crippen LogP contribution in [0.2, 0.25) is 5.02 Å². The molecule has 2 fully saturated rings. The third-order valence-corrected chi connectivity index (χ3v) is 7.67. The Morgan fingerprint density at radius 2 is 2.00 bits per heavy atom. The average molecular weight is 442 g/mol. The van der Waals surface area contributed by atoms with Crippen molar-refractivity contribution in [1.29, 1.82) is 0 Å². The molecule has 2 saturated heterocycles. The van der Waals surface area contributed by atoms with Crippen molar-refractivity contribution in [2.75, 3.05) is 37.7 Å². The summed E-state index contributed by atoms with van der Waals surface area (Å²) in [6.07, 6.45) is 0.636. The number of piperazine rings is 1. The Morgan fingerprint density at radius 3 is 2.62 bits per heavy atom. The molecule has 2 aromatic rings. The van der Waals surface area contributed by atoms with E-state index >= 15 is 0 Å². The molecule has 29 heavy (non-hydrogen) atoms. The van der Waals surface area contributed by atoms with Gasteiger partial charge >= 0.3 is 0 Å². The molecule has 1 amide bonds. The molecule has 1 aromatic heterocycles. The van der Waals surface area contributed by atoms with Gasteiger partial charge in [-0.2, -0.15) is 0 Å². The first-order chi connectivity index (χ1) is 13.8. The fourth-order valence-corrected chi connectivity index (χ4v) is 6.04. The summed E-state index contributed by atoms with van der Waals surface area (Å²) < 4.78 is 43.0. The summed E-state index contributed by atoms with van der Waals surface area (Å²) >= 11 is 6.15. The highest BCUT2D eigenvalue weighted by Gasteiger charge is 2.36. The van der Waals surface area contributed by atoms with Crippen molar-refractivity contribution < 1.29 is 22.1 Å². The van der Waals surface area contributed by atoms with Crippen LogP contribution in [0.1, 0.15) is 22.5 Å². The number of nitrogens with zero attached hydrogens (tertiary/aromatic N) is 3. The number of aromatic nitrogens is 1. The van der Waals surface area contributed by atoms with Gasteiger partial charge in [-0.3, -0.25) is 9.69 Å². The van der Waals surface area contributed by atoms with E-state index in [-0.39, 0.29) is 45.3 Å². The lowest BCUT2D eigenvalue weighted by molar-refractivity contribution is 0.0587. The van der Waals surface area contributed by atoms with Crippen molar-refractivity contribution in [2.24, 2.45) is 0 Å². The van der Waals surface area contributed by atoms with Crippen molar-refractivity contribution >= 4 is 27.3 Å². The number of sulfone groups is 1. The minimum absolute atomic E-state index is 0.0161. The zero-order valence-corrected chi connectivity index (χ0v) is 17.5. The molecule has 156 valence electrons. The van der Waals surface area contributed by atoms with Crippen LogP contribution in [0.4, 0.5) is 4.39 Å². The van der Waals surface area contributed by atoms with Gasteiger partial charge in [-0.05, 0) is 25.5 Å². The number of aryl methyl sites for hydroxylation is 1. The van der Waals surface area contributed by atoms with Crippen molar-refractivity contribution in [1.82, 2.24) is 15.0 Å². The van der Waals surface area contributed by atoms with Crippen LogP contribution in [0, 0.1) is 12.7 Å². The third-order valence-electron chi connectivity index (χ3n) is 5.60. The lowest BCUT2D eigenvalue weighted by Gasteiger charge is -2.37. The first-order valence-electron chi connectivity index (χ1n) is 9.41. The van der Waals surface area contributed by atoms with E-state index in [1.807, 2.05) is 0 Å². The van der Waals surface area contributed by atoms with Gasteiger partial charge < -0.3 is 9.42 Å². The van der Waals surface area contributed by atoms with Gasteiger partial charge in [-0.15, -0.1) is 0 Å². The van der Waals surface area contributed by atoms with Crippen molar-refractivity contribution in [3.63, 3.8) is 0 Å². The minimum atomic E-state index is -2.95. The Morgan fingerprint density at radius 1 is 1.28 bits per heavy atom. The summed E-state index contributed by atoms with van der Waals surface area (Å²) in [6.45, 7) is 3.69. The monoisotopic (exact) mass is 441 g/mol. The molecular weight excluding hydrogens is 421 g/mol. The first-order valence-corrected chi connectivity index (χ1v) is 11.6. The molecule has 7 nitrogen and oxygen atoms in total. The van der Waals surface area contributed by atoms with E-state index in [1.54, 1.807) is 11.8 Å². The fourth-order valence-electron chi connectivity index (χ4n) is 4.03. The van der Waals surface area contributed by atoms with Crippen molar-refractivity contribution in [3.05, 3.63) is 40.4 Å². The quantitative estimate of drug-likeness (QED) is 0.727. The van der Waals surface area contributed by atoms with Gasteiger partial charge in [-0.25, -0.2) is 12.8 Å². The zero-order valence-electron chi connectivity index (χ0n) is 15.9. The maximum atomic E-state index is 14.4. The van der Waals surface area contributed by atoms with Crippen LogP contribution in [0.3, 0.4) is 0 Å². The highest BCUT2D eigenvalue weighted by atomic mass is 35.5. The summed E-state index contributed by atoms with van der Waals surface area (Å²) in [7, 11) is -2.95. The smallest absolute Gasteiger partial charge is 0.259 e. The Labute approximate surface area is 173 Å². The molecular formula is C19H21ClFN3O4S. The van der Waals surface area contributed by atoms with E-state index in [4.69, 9.17) is 16.1 Å². The van der Waals surface area contributed by atoms with E-state index < -0.39 is 15.7 Å². The number of carbonyl (C=O) groups is 1. The normalized spacial score (nSPS) is 22.2. The Balaban J connectivity index is 1.53. The predicted molar refractivity (Wildman–Crippen MR) is 106 cm³/mol. The molecule has 4 rings (SSSR count). The number of halogens is 2. The lowest BCUT2D eigenvalue weighted by atomic mass is 10.0. The van der Waals surface area contributed by atoms with Gasteiger partial charge in [0.15, 0.2) is 9.84 Å². The van der Waals surface area contributed by atoms with Crippen molar-refractivity contribution in [3.8, 4) is 11.3 Å². The first kappa shape index (κ1) is 20.3. The van der Waals surface area contributed by atoms with Crippen LogP contribution in [-0.4, -0.2) is 73.0 Å². The molecule has 3 heterocycles. The van der Waals surface area contributed by atoms with E-state index in [0.29, 0.717) is 38.4 Å². The second-order valence-corrected chi connectivity index (χ2v) is 10.1. The van der Waals surface area contributed by atoms with E-state index in [9.17, 15) is 17.6 Å². The van der Waals surface area contributed by atoms with Crippen LogP contribution in [0.25, 0.3) is 11.3 Å².